The van der Waals surface area contributed by atoms with Crippen LogP contribution in [0, 0.1) is 0 Å². The molecule has 0 rings (SSSR count). The van der Waals surface area contributed by atoms with Crippen LogP contribution in [0.3, 0.4) is 0 Å². The standard InChI is InChI=1S/C4H8N2/c1-5-3-4-6-2/h3-4,6H,1H2,2H3. The van der Waals surface area contributed by atoms with Crippen molar-refractivity contribution in [1.82, 2.24) is 5.32 Å². The molecule has 0 amide bonds. The van der Waals surface area contributed by atoms with Crippen molar-refractivity contribution < 1.29 is 0 Å². The lowest BCUT2D eigenvalue weighted by atomic mass is 10.9. The van der Waals surface area contributed by atoms with E-state index in [-0.39, 0.29) is 0 Å². The molecule has 2 heteroatoms. The van der Waals surface area contributed by atoms with E-state index in [4.69, 9.17) is 0 Å². The molecule has 0 aliphatic rings. The Morgan fingerprint density at radius 2 is 2.50 bits per heavy atom. The van der Waals surface area contributed by atoms with E-state index in [2.05, 4.69) is 17.0 Å². The van der Waals surface area contributed by atoms with Gasteiger partial charge in [-0.25, -0.2) is 0 Å². The Morgan fingerprint density at radius 1 is 1.83 bits per heavy atom. The molecule has 0 spiro atoms. The van der Waals surface area contributed by atoms with E-state index in [1.807, 2.05) is 7.05 Å². The molecular weight excluding hydrogens is 76.1 g/mol. The summed E-state index contributed by atoms with van der Waals surface area (Å²) in [5.41, 5.74) is 0. The van der Waals surface area contributed by atoms with Crippen LogP contribution in [-0.4, -0.2) is 13.8 Å². The SMILES string of the molecule is C=NC=CNC. The van der Waals surface area contributed by atoms with Crippen LogP contribution in [0.15, 0.2) is 17.4 Å². The average Bonchev–Trinajstić information content (AvgIpc) is 1.61. The summed E-state index contributed by atoms with van der Waals surface area (Å²) in [5, 5.41) is 2.75. The van der Waals surface area contributed by atoms with E-state index >= 15 is 0 Å². The summed E-state index contributed by atoms with van der Waals surface area (Å²) in [6, 6.07) is 0. The summed E-state index contributed by atoms with van der Waals surface area (Å²) in [6.45, 7) is 3.22. The van der Waals surface area contributed by atoms with E-state index in [0.29, 0.717) is 0 Å². The Bertz CT molecular complexity index is 56.6. The Kier molecular flexibility index (Phi) is 3.66. The normalized spacial score (nSPS) is 8.83. The van der Waals surface area contributed by atoms with Crippen molar-refractivity contribution in [2.75, 3.05) is 7.05 Å². The lowest BCUT2D eigenvalue weighted by Gasteiger charge is -1.76. The second-order valence-electron chi connectivity index (χ2n) is 0.787. The number of rotatable bonds is 2. The van der Waals surface area contributed by atoms with E-state index in [1.54, 1.807) is 12.4 Å². The summed E-state index contributed by atoms with van der Waals surface area (Å²) in [7, 11) is 1.81. The van der Waals surface area contributed by atoms with Gasteiger partial charge in [-0.05, 0) is 6.72 Å². The van der Waals surface area contributed by atoms with Gasteiger partial charge in [0.1, 0.15) is 0 Å². The Hall–Kier alpha value is -0.790. The Labute approximate surface area is 37.6 Å². The predicted octanol–water partition coefficient (Wildman–Crippen LogP) is 0.378. The first-order valence-electron chi connectivity index (χ1n) is 1.70. The zero-order chi connectivity index (χ0) is 4.83. The van der Waals surface area contributed by atoms with Gasteiger partial charge >= 0.3 is 0 Å². The molecule has 0 radical (unpaired) electrons. The second-order valence-corrected chi connectivity index (χ2v) is 0.787. The van der Waals surface area contributed by atoms with Gasteiger partial charge in [-0.2, -0.15) is 0 Å². The molecule has 0 heterocycles. The maximum Gasteiger partial charge on any atom is 0.0417 e. The zero-order valence-corrected chi connectivity index (χ0v) is 3.81. The summed E-state index contributed by atoms with van der Waals surface area (Å²) in [4.78, 5) is 3.43. The molecule has 6 heavy (non-hydrogen) atoms. The lowest BCUT2D eigenvalue weighted by Crippen LogP contribution is -1.89. The van der Waals surface area contributed by atoms with Gasteiger partial charge in [0.25, 0.3) is 0 Å². The lowest BCUT2D eigenvalue weighted by molar-refractivity contribution is 1.10. The van der Waals surface area contributed by atoms with Gasteiger partial charge < -0.3 is 5.32 Å². The predicted molar refractivity (Wildman–Crippen MR) is 27.7 cm³/mol. The average molecular weight is 84.1 g/mol. The summed E-state index contributed by atoms with van der Waals surface area (Å²) >= 11 is 0. The van der Waals surface area contributed by atoms with Crippen molar-refractivity contribution >= 4 is 6.72 Å². The van der Waals surface area contributed by atoms with Crippen LogP contribution in [0.1, 0.15) is 0 Å². The molecule has 0 saturated carbocycles. The third-order valence-electron chi connectivity index (χ3n) is 0.347. The molecule has 0 fully saturated rings. The summed E-state index contributed by atoms with van der Waals surface area (Å²) in [6.07, 6.45) is 3.28. The zero-order valence-electron chi connectivity index (χ0n) is 3.81. The number of nitrogens with zero attached hydrogens (tertiary/aromatic N) is 1. The topological polar surface area (TPSA) is 24.4 Å². The van der Waals surface area contributed by atoms with Gasteiger partial charge in [-0.1, -0.05) is 0 Å². The molecule has 0 atom stereocenters. The highest BCUT2D eigenvalue weighted by Gasteiger charge is 1.50. The largest absolute Gasteiger partial charge is 0.393 e. The molecule has 34 valence electrons. The Morgan fingerprint density at radius 3 is 2.67 bits per heavy atom. The molecular formula is C4H8N2. The minimum atomic E-state index is 1.58. The maximum atomic E-state index is 3.43. The quantitative estimate of drug-likeness (QED) is 0.480. The van der Waals surface area contributed by atoms with Gasteiger partial charge in [0.2, 0.25) is 0 Å². The highest BCUT2D eigenvalue weighted by Crippen LogP contribution is 1.60. The van der Waals surface area contributed by atoms with Gasteiger partial charge in [-0.3, -0.25) is 4.99 Å². The van der Waals surface area contributed by atoms with Gasteiger partial charge in [0, 0.05) is 19.4 Å². The first kappa shape index (κ1) is 5.21. The minimum Gasteiger partial charge on any atom is -0.393 e. The van der Waals surface area contributed by atoms with Crippen LogP contribution in [0.5, 0.6) is 0 Å². The number of hydrogen-bond donors (Lipinski definition) is 1. The van der Waals surface area contributed by atoms with E-state index < -0.39 is 0 Å². The third-order valence-corrected chi connectivity index (χ3v) is 0.347. The molecule has 0 aliphatic carbocycles. The molecule has 0 saturated heterocycles. The van der Waals surface area contributed by atoms with Crippen molar-refractivity contribution in [3.05, 3.63) is 12.4 Å². The monoisotopic (exact) mass is 84.1 g/mol. The van der Waals surface area contributed by atoms with Crippen LogP contribution < -0.4 is 5.32 Å². The van der Waals surface area contributed by atoms with Crippen LogP contribution >= 0.6 is 0 Å². The van der Waals surface area contributed by atoms with Gasteiger partial charge in [0.05, 0.1) is 0 Å². The Balaban J connectivity index is 2.94. The van der Waals surface area contributed by atoms with Crippen LogP contribution in [0.4, 0.5) is 0 Å². The first-order chi connectivity index (χ1) is 2.91. The molecule has 1 N–H and O–H groups in total. The number of nitrogens with one attached hydrogen (secondary N) is 1. The van der Waals surface area contributed by atoms with Crippen molar-refractivity contribution in [1.29, 1.82) is 0 Å². The van der Waals surface area contributed by atoms with Gasteiger partial charge in [0.15, 0.2) is 0 Å². The van der Waals surface area contributed by atoms with Crippen LogP contribution in [0.2, 0.25) is 0 Å². The molecule has 0 aromatic heterocycles. The molecule has 0 unspecified atom stereocenters. The van der Waals surface area contributed by atoms with E-state index in [0.717, 1.165) is 0 Å². The molecule has 2 nitrogen and oxygen atoms in total. The van der Waals surface area contributed by atoms with E-state index in [9.17, 15) is 0 Å². The van der Waals surface area contributed by atoms with Crippen molar-refractivity contribution in [3.8, 4) is 0 Å². The minimum absolute atomic E-state index is 1.58. The molecule has 0 aromatic carbocycles. The number of aliphatic imine (C=N–C) groups is 1. The summed E-state index contributed by atoms with van der Waals surface area (Å²) in [5.74, 6) is 0. The number of hydrogen-bond acceptors (Lipinski definition) is 2. The fraction of sp³-hybridized carbons (Fsp3) is 0.250. The second kappa shape index (κ2) is 4.21. The molecule has 0 aliphatic heterocycles. The van der Waals surface area contributed by atoms with Crippen LogP contribution in [0.25, 0.3) is 0 Å². The van der Waals surface area contributed by atoms with Gasteiger partial charge in [-0.15, -0.1) is 0 Å². The highest BCUT2D eigenvalue weighted by molar-refractivity contribution is 5.25. The van der Waals surface area contributed by atoms with E-state index in [1.165, 1.54) is 0 Å². The first-order valence-corrected chi connectivity index (χ1v) is 1.70. The summed E-state index contributed by atoms with van der Waals surface area (Å²) < 4.78 is 0. The molecule has 0 aromatic rings. The third kappa shape index (κ3) is 3.21. The molecule has 0 bridgehead atoms. The fourth-order valence-corrected chi connectivity index (χ4v) is 0.127. The van der Waals surface area contributed by atoms with Crippen molar-refractivity contribution in [2.45, 2.75) is 0 Å². The smallest absolute Gasteiger partial charge is 0.0417 e. The van der Waals surface area contributed by atoms with Crippen molar-refractivity contribution in [3.63, 3.8) is 0 Å². The van der Waals surface area contributed by atoms with Crippen LogP contribution in [-0.2, 0) is 0 Å². The van der Waals surface area contributed by atoms with Crippen molar-refractivity contribution in [2.24, 2.45) is 4.99 Å². The fourth-order valence-electron chi connectivity index (χ4n) is 0.127. The maximum absolute atomic E-state index is 3.43. The highest BCUT2D eigenvalue weighted by atomic mass is 14.8.